The van der Waals surface area contributed by atoms with Crippen LogP contribution in [0.1, 0.15) is 43.6 Å². The van der Waals surface area contributed by atoms with E-state index in [4.69, 9.17) is 9.47 Å². The van der Waals surface area contributed by atoms with Crippen molar-refractivity contribution in [3.05, 3.63) is 29.3 Å². The van der Waals surface area contributed by atoms with E-state index in [0.717, 1.165) is 12.0 Å². The predicted molar refractivity (Wildman–Crippen MR) is 67.5 cm³/mol. The zero-order chi connectivity index (χ0) is 12.8. The quantitative estimate of drug-likeness (QED) is 0.736. The molecule has 0 bridgehead atoms. The highest BCUT2D eigenvalue weighted by Gasteiger charge is 2.17. The van der Waals surface area contributed by atoms with Crippen molar-refractivity contribution in [3.63, 3.8) is 0 Å². The number of para-hydroxylation sites is 1. The van der Waals surface area contributed by atoms with Gasteiger partial charge < -0.3 is 9.47 Å². The van der Waals surface area contributed by atoms with Gasteiger partial charge in [0.25, 0.3) is 0 Å². The average molecular weight is 236 g/mol. The van der Waals surface area contributed by atoms with Gasteiger partial charge in [-0.05, 0) is 38.8 Å². The van der Waals surface area contributed by atoms with E-state index in [1.807, 2.05) is 32.9 Å². The molecule has 3 nitrogen and oxygen atoms in total. The Morgan fingerprint density at radius 3 is 2.53 bits per heavy atom. The van der Waals surface area contributed by atoms with E-state index >= 15 is 0 Å². The molecule has 0 heterocycles. The van der Waals surface area contributed by atoms with Crippen LogP contribution in [0.4, 0.5) is 0 Å². The second-order valence-electron chi connectivity index (χ2n) is 4.03. The number of carbonyl (C=O) groups excluding carboxylic acids is 1. The maximum absolute atomic E-state index is 11.8. The van der Waals surface area contributed by atoms with Crippen LogP contribution in [0.15, 0.2) is 18.2 Å². The van der Waals surface area contributed by atoms with Gasteiger partial charge in [0.05, 0.1) is 12.7 Å². The lowest BCUT2D eigenvalue weighted by molar-refractivity contribution is 0.0520. The van der Waals surface area contributed by atoms with Crippen LogP contribution in [0.2, 0.25) is 0 Å². The first-order chi connectivity index (χ1) is 8.10. The van der Waals surface area contributed by atoms with E-state index in [1.54, 1.807) is 13.0 Å². The fourth-order valence-corrected chi connectivity index (χ4v) is 1.61. The number of esters is 1. The molecule has 0 aliphatic carbocycles. The van der Waals surface area contributed by atoms with Gasteiger partial charge in [0, 0.05) is 0 Å². The summed E-state index contributed by atoms with van der Waals surface area (Å²) in [6, 6.07) is 5.58. The van der Waals surface area contributed by atoms with Crippen LogP contribution < -0.4 is 4.74 Å². The van der Waals surface area contributed by atoms with Crippen molar-refractivity contribution >= 4 is 5.97 Å². The van der Waals surface area contributed by atoms with E-state index in [-0.39, 0.29) is 12.1 Å². The van der Waals surface area contributed by atoms with Gasteiger partial charge in [-0.25, -0.2) is 4.79 Å². The topological polar surface area (TPSA) is 35.5 Å². The molecule has 0 aliphatic heterocycles. The Hall–Kier alpha value is -1.51. The Labute approximate surface area is 103 Å². The molecule has 0 unspecified atom stereocenters. The van der Waals surface area contributed by atoms with Crippen molar-refractivity contribution in [2.24, 2.45) is 0 Å². The molecule has 94 valence electrons. The zero-order valence-electron chi connectivity index (χ0n) is 10.9. The highest BCUT2D eigenvalue weighted by atomic mass is 16.5. The molecule has 3 heteroatoms. The number of rotatable bonds is 5. The maximum atomic E-state index is 11.8. The lowest BCUT2D eigenvalue weighted by atomic mass is 10.1. The molecule has 1 rings (SSSR count). The minimum atomic E-state index is -0.321. The van der Waals surface area contributed by atoms with Crippen LogP contribution in [0, 0.1) is 0 Å². The van der Waals surface area contributed by atoms with E-state index in [2.05, 4.69) is 0 Å². The Kier molecular flexibility index (Phi) is 5.01. The number of ether oxygens (including phenoxy) is 2. The summed E-state index contributed by atoms with van der Waals surface area (Å²) in [6.45, 7) is 8.10. The molecular formula is C14H20O3. The smallest absolute Gasteiger partial charge is 0.341 e. The monoisotopic (exact) mass is 236 g/mol. The number of benzene rings is 1. The van der Waals surface area contributed by atoms with Crippen LogP contribution in [-0.4, -0.2) is 18.7 Å². The normalized spacial score (nSPS) is 10.4. The molecular weight excluding hydrogens is 216 g/mol. The molecule has 0 saturated heterocycles. The maximum Gasteiger partial charge on any atom is 0.341 e. The molecule has 1 aromatic carbocycles. The zero-order valence-corrected chi connectivity index (χ0v) is 10.9. The van der Waals surface area contributed by atoms with E-state index in [1.165, 1.54) is 0 Å². The fourth-order valence-electron chi connectivity index (χ4n) is 1.61. The van der Waals surface area contributed by atoms with E-state index < -0.39 is 0 Å². The summed E-state index contributed by atoms with van der Waals surface area (Å²) in [5.74, 6) is 0.335. The first kappa shape index (κ1) is 13.6. The lowest BCUT2D eigenvalue weighted by Gasteiger charge is -2.16. The summed E-state index contributed by atoms with van der Waals surface area (Å²) in [5.41, 5.74) is 1.55. The number of hydrogen-bond donors (Lipinski definition) is 0. The SMILES string of the molecule is CCOC(=O)c1cccc(CC)c1OC(C)C. The third kappa shape index (κ3) is 3.48. The average Bonchev–Trinajstić information content (AvgIpc) is 2.28. The van der Waals surface area contributed by atoms with E-state index in [9.17, 15) is 4.79 Å². The van der Waals surface area contributed by atoms with Crippen molar-refractivity contribution in [2.45, 2.75) is 40.2 Å². The standard InChI is InChI=1S/C14H20O3/c1-5-11-8-7-9-12(14(15)16-6-2)13(11)17-10(3)4/h7-10H,5-6H2,1-4H3. The van der Waals surface area contributed by atoms with Gasteiger partial charge in [-0.15, -0.1) is 0 Å². The molecule has 0 fully saturated rings. The summed E-state index contributed by atoms with van der Waals surface area (Å²) in [7, 11) is 0. The van der Waals surface area contributed by atoms with Gasteiger partial charge >= 0.3 is 5.97 Å². The fraction of sp³-hybridized carbons (Fsp3) is 0.500. The number of carbonyl (C=O) groups is 1. The molecule has 0 amide bonds. The summed E-state index contributed by atoms with van der Waals surface area (Å²) >= 11 is 0. The Morgan fingerprint density at radius 2 is 2.00 bits per heavy atom. The second-order valence-corrected chi connectivity index (χ2v) is 4.03. The molecule has 0 aromatic heterocycles. The third-order valence-corrected chi connectivity index (χ3v) is 2.33. The van der Waals surface area contributed by atoms with Gasteiger partial charge in [0.2, 0.25) is 0 Å². The largest absolute Gasteiger partial charge is 0.490 e. The van der Waals surface area contributed by atoms with Crippen molar-refractivity contribution in [1.29, 1.82) is 0 Å². The highest BCUT2D eigenvalue weighted by molar-refractivity contribution is 5.93. The molecule has 0 atom stereocenters. The van der Waals surface area contributed by atoms with Crippen LogP contribution in [-0.2, 0) is 11.2 Å². The van der Waals surface area contributed by atoms with Gasteiger partial charge in [0.1, 0.15) is 11.3 Å². The van der Waals surface area contributed by atoms with Crippen LogP contribution in [0.25, 0.3) is 0 Å². The van der Waals surface area contributed by atoms with Crippen molar-refractivity contribution in [3.8, 4) is 5.75 Å². The minimum Gasteiger partial charge on any atom is -0.490 e. The predicted octanol–water partition coefficient (Wildman–Crippen LogP) is 3.21. The van der Waals surface area contributed by atoms with Crippen LogP contribution in [0.5, 0.6) is 5.75 Å². The summed E-state index contributed by atoms with van der Waals surface area (Å²) < 4.78 is 10.8. The Balaban J connectivity index is 3.14. The summed E-state index contributed by atoms with van der Waals surface area (Å²) in [5, 5.41) is 0. The first-order valence-electron chi connectivity index (χ1n) is 6.05. The van der Waals surface area contributed by atoms with E-state index in [0.29, 0.717) is 17.9 Å². The third-order valence-electron chi connectivity index (χ3n) is 2.33. The van der Waals surface area contributed by atoms with Crippen molar-refractivity contribution in [1.82, 2.24) is 0 Å². The number of aryl methyl sites for hydroxylation is 1. The van der Waals surface area contributed by atoms with Gasteiger partial charge in [-0.2, -0.15) is 0 Å². The van der Waals surface area contributed by atoms with Gasteiger partial charge in [-0.3, -0.25) is 0 Å². The molecule has 0 radical (unpaired) electrons. The minimum absolute atomic E-state index is 0.0378. The van der Waals surface area contributed by atoms with Crippen LogP contribution in [0.3, 0.4) is 0 Å². The molecule has 0 saturated carbocycles. The summed E-state index contributed by atoms with van der Waals surface area (Å²) in [4.78, 5) is 11.8. The van der Waals surface area contributed by atoms with Crippen molar-refractivity contribution < 1.29 is 14.3 Å². The van der Waals surface area contributed by atoms with Crippen molar-refractivity contribution in [2.75, 3.05) is 6.61 Å². The second kappa shape index (κ2) is 6.28. The molecule has 0 N–H and O–H groups in total. The van der Waals surface area contributed by atoms with Gasteiger partial charge in [0.15, 0.2) is 0 Å². The van der Waals surface area contributed by atoms with Crippen LogP contribution >= 0.6 is 0 Å². The highest BCUT2D eigenvalue weighted by Crippen LogP contribution is 2.26. The van der Waals surface area contributed by atoms with Gasteiger partial charge in [-0.1, -0.05) is 19.1 Å². The molecule has 17 heavy (non-hydrogen) atoms. The first-order valence-corrected chi connectivity index (χ1v) is 6.05. The summed E-state index contributed by atoms with van der Waals surface area (Å²) in [6.07, 6.45) is 0.867. The number of hydrogen-bond acceptors (Lipinski definition) is 3. The molecule has 0 aliphatic rings. The molecule has 1 aromatic rings. The Morgan fingerprint density at radius 1 is 1.29 bits per heavy atom. The molecule has 0 spiro atoms. The lowest BCUT2D eigenvalue weighted by Crippen LogP contribution is -2.13. The Bertz CT molecular complexity index is 383.